The van der Waals surface area contributed by atoms with E-state index >= 15 is 0 Å². The van der Waals surface area contributed by atoms with Crippen LogP contribution in [-0.4, -0.2) is 31.2 Å². The van der Waals surface area contributed by atoms with Crippen LogP contribution in [0.25, 0.3) is 0 Å². The van der Waals surface area contributed by atoms with Crippen LogP contribution in [0.5, 0.6) is 0 Å². The lowest BCUT2D eigenvalue weighted by atomic mass is 9.59. The van der Waals surface area contributed by atoms with Crippen molar-refractivity contribution in [3.8, 4) is 0 Å². The van der Waals surface area contributed by atoms with Gasteiger partial charge in [0.1, 0.15) is 0 Å². The van der Waals surface area contributed by atoms with Crippen LogP contribution in [0.15, 0.2) is 24.3 Å². The number of nitrogens with zero attached hydrogens (tertiary/aromatic N) is 1. The molecule has 152 valence electrons. The van der Waals surface area contributed by atoms with Crippen molar-refractivity contribution < 1.29 is 4.39 Å². The maximum atomic E-state index is 12.3. The number of alkyl halides is 1. The number of benzene rings is 1. The Balaban J connectivity index is 1.70. The highest BCUT2D eigenvalue weighted by molar-refractivity contribution is 5.34. The topological polar surface area (TPSA) is 3.24 Å². The van der Waals surface area contributed by atoms with Crippen molar-refractivity contribution in [3.05, 3.63) is 35.4 Å². The van der Waals surface area contributed by atoms with Crippen LogP contribution in [0, 0.1) is 10.8 Å². The molecule has 3 rings (SSSR count). The molecule has 0 bridgehead atoms. The molecule has 1 aromatic rings. The zero-order valence-electron chi connectivity index (χ0n) is 18.1. The Bertz CT molecular complexity index is 582. The van der Waals surface area contributed by atoms with Crippen molar-refractivity contribution in [2.75, 3.05) is 26.3 Å². The van der Waals surface area contributed by atoms with Crippen molar-refractivity contribution in [2.24, 2.45) is 10.8 Å². The Labute approximate surface area is 166 Å². The Hall–Kier alpha value is -0.890. The van der Waals surface area contributed by atoms with Gasteiger partial charge >= 0.3 is 0 Å². The van der Waals surface area contributed by atoms with Gasteiger partial charge in [0.15, 0.2) is 0 Å². The summed E-state index contributed by atoms with van der Waals surface area (Å²) in [5, 5.41) is 0. The van der Waals surface area contributed by atoms with Gasteiger partial charge in [-0.2, -0.15) is 0 Å². The summed E-state index contributed by atoms with van der Waals surface area (Å²) >= 11 is 0. The third-order valence-electron chi connectivity index (χ3n) is 6.88. The van der Waals surface area contributed by atoms with E-state index in [4.69, 9.17) is 0 Å². The molecular weight excluding hydrogens is 333 g/mol. The van der Waals surface area contributed by atoms with Crippen LogP contribution in [0.4, 0.5) is 4.39 Å². The molecule has 0 radical (unpaired) electrons. The summed E-state index contributed by atoms with van der Waals surface area (Å²) < 4.78 is 12.3. The molecule has 0 N–H and O–H groups in total. The Morgan fingerprint density at radius 2 is 1.44 bits per heavy atom. The van der Waals surface area contributed by atoms with E-state index < -0.39 is 0 Å². The first-order chi connectivity index (χ1) is 12.8. The fraction of sp³-hybridized carbons (Fsp3) is 0.760. The molecule has 0 aromatic heterocycles. The van der Waals surface area contributed by atoms with E-state index in [1.165, 1.54) is 45.2 Å². The molecule has 0 amide bonds. The number of rotatable bonds is 6. The van der Waals surface area contributed by atoms with Crippen LogP contribution < -0.4 is 0 Å². The third kappa shape index (κ3) is 5.56. The molecule has 1 aliphatic carbocycles. The monoisotopic (exact) mass is 373 g/mol. The third-order valence-corrected chi connectivity index (χ3v) is 6.88. The summed E-state index contributed by atoms with van der Waals surface area (Å²) in [5.74, 6) is 1.40. The van der Waals surface area contributed by atoms with Gasteiger partial charge in [0.05, 0.1) is 6.67 Å². The van der Waals surface area contributed by atoms with E-state index in [1.54, 1.807) is 11.1 Å². The van der Waals surface area contributed by atoms with E-state index in [1.807, 2.05) is 0 Å². The highest BCUT2D eigenvalue weighted by Crippen LogP contribution is 2.52. The molecule has 1 heterocycles. The predicted octanol–water partition coefficient (Wildman–Crippen LogP) is 6.94. The quantitative estimate of drug-likeness (QED) is 0.488. The van der Waals surface area contributed by atoms with Gasteiger partial charge in [-0.1, -0.05) is 52.0 Å². The van der Waals surface area contributed by atoms with Gasteiger partial charge in [-0.25, -0.2) is 0 Å². The van der Waals surface area contributed by atoms with Gasteiger partial charge in [0, 0.05) is 0 Å². The first kappa shape index (κ1) is 20.8. The van der Waals surface area contributed by atoms with Crippen LogP contribution in [0.2, 0.25) is 0 Å². The molecule has 1 nitrogen and oxygen atoms in total. The van der Waals surface area contributed by atoms with E-state index in [-0.39, 0.29) is 6.67 Å². The second kappa shape index (κ2) is 8.64. The molecular formula is C25H40FN. The largest absolute Gasteiger partial charge is 0.303 e. The maximum Gasteiger partial charge on any atom is 0.0894 e. The minimum Gasteiger partial charge on any atom is -0.303 e. The van der Waals surface area contributed by atoms with Crippen LogP contribution in [-0.2, 0) is 0 Å². The summed E-state index contributed by atoms with van der Waals surface area (Å²) in [4.78, 5) is 2.54. The summed E-state index contributed by atoms with van der Waals surface area (Å²) in [6.07, 6.45) is 8.19. The second-order valence-electron chi connectivity index (χ2n) is 10.8. The maximum absolute atomic E-state index is 12.3. The fourth-order valence-electron chi connectivity index (χ4n) is 6.22. The molecule has 2 aliphatic rings. The first-order valence-corrected chi connectivity index (χ1v) is 11.2. The Morgan fingerprint density at radius 1 is 0.889 bits per heavy atom. The molecule has 1 saturated heterocycles. The van der Waals surface area contributed by atoms with Crippen molar-refractivity contribution in [1.29, 1.82) is 0 Å². The second-order valence-corrected chi connectivity index (χ2v) is 10.8. The van der Waals surface area contributed by atoms with Gasteiger partial charge in [-0.05, 0) is 98.4 Å². The van der Waals surface area contributed by atoms with Crippen LogP contribution in [0.3, 0.4) is 0 Å². The molecule has 1 aliphatic heterocycles. The molecule has 2 fully saturated rings. The van der Waals surface area contributed by atoms with E-state index in [0.717, 1.165) is 19.4 Å². The van der Waals surface area contributed by atoms with Crippen LogP contribution in [0.1, 0.15) is 95.6 Å². The highest BCUT2D eigenvalue weighted by atomic mass is 19.1. The minimum absolute atomic E-state index is 0.169. The van der Waals surface area contributed by atoms with E-state index in [0.29, 0.717) is 22.7 Å². The SMILES string of the molecule is CC1(C)CC(c2ccccc2C2CCN(CCCCF)CC2)CC(C)(C)C1. The molecule has 1 aromatic carbocycles. The van der Waals surface area contributed by atoms with Crippen molar-refractivity contribution >= 4 is 0 Å². The average Bonchev–Trinajstić information content (AvgIpc) is 2.60. The first-order valence-electron chi connectivity index (χ1n) is 11.2. The average molecular weight is 374 g/mol. The van der Waals surface area contributed by atoms with Crippen molar-refractivity contribution in [3.63, 3.8) is 0 Å². The molecule has 2 heteroatoms. The standard InChI is InChI=1S/C25H40FN/c1-24(2)17-21(18-25(3,4)19-24)23-10-6-5-9-22(23)20-11-15-27(16-12-20)14-8-7-13-26/h5-6,9-10,20-21H,7-8,11-19H2,1-4H3. The van der Waals surface area contributed by atoms with Gasteiger partial charge in [0.25, 0.3) is 0 Å². The number of piperidine rings is 1. The number of hydrogen-bond acceptors (Lipinski definition) is 1. The minimum atomic E-state index is -0.169. The van der Waals surface area contributed by atoms with Gasteiger partial charge in [0.2, 0.25) is 0 Å². The van der Waals surface area contributed by atoms with Gasteiger partial charge < -0.3 is 4.90 Å². The summed E-state index contributed by atoms with van der Waals surface area (Å²) in [5.41, 5.74) is 4.12. The number of unbranched alkanes of at least 4 members (excludes halogenated alkanes) is 1. The lowest BCUT2D eigenvalue weighted by Gasteiger charge is -2.46. The predicted molar refractivity (Wildman–Crippen MR) is 114 cm³/mol. The van der Waals surface area contributed by atoms with Crippen LogP contribution >= 0.6 is 0 Å². The van der Waals surface area contributed by atoms with E-state index in [2.05, 4.69) is 56.9 Å². The Kier molecular flexibility index (Phi) is 6.66. The summed E-state index contributed by atoms with van der Waals surface area (Å²) in [6, 6.07) is 9.32. The zero-order chi connectivity index (χ0) is 19.5. The fourth-order valence-corrected chi connectivity index (χ4v) is 6.22. The lowest BCUT2D eigenvalue weighted by Crippen LogP contribution is -2.35. The molecule has 0 unspecified atom stereocenters. The zero-order valence-corrected chi connectivity index (χ0v) is 18.1. The molecule has 1 saturated carbocycles. The number of likely N-dealkylation sites (tertiary alicyclic amines) is 1. The van der Waals surface area contributed by atoms with Gasteiger partial charge in [-0.3, -0.25) is 4.39 Å². The molecule has 27 heavy (non-hydrogen) atoms. The smallest absolute Gasteiger partial charge is 0.0894 e. The lowest BCUT2D eigenvalue weighted by molar-refractivity contribution is 0.0962. The highest BCUT2D eigenvalue weighted by Gasteiger charge is 2.39. The summed E-state index contributed by atoms with van der Waals surface area (Å²) in [6.45, 7) is 13.1. The van der Waals surface area contributed by atoms with Crippen molar-refractivity contribution in [1.82, 2.24) is 4.90 Å². The van der Waals surface area contributed by atoms with Gasteiger partial charge in [-0.15, -0.1) is 0 Å². The van der Waals surface area contributed by atoms with Crippen molar-refractivity contribution in [2.45, 2.75) is 84.5 Å². The Morgan fingerprint density at radius 3 is 2.00 bits per heavy atom. The summed E-state index contributed by atoms with van der Waals surface area (Å²) in [7, 11) is 0. The molecule has 0 spiro atoms. The normalized spacial score (nSPS) is 24.2. The number of hydrogen-bond donors (Lipinski definition) is 0. The van der Waals surface area contributed by atoms with E-state index in [9.17, 15) is 4.39 Å². The molecule has 0 atom stereocenters. The number of halogens is 1.